The van der Waals surface area contributed by atoms with Crippen molar-refractivity contribution in [3.63, 3.8) is 0 Å². The number of hydrogen-bond donors (Lipinski definition) is 2. The van der Waals surface area contributed by atoms with Crippen LogP contribution in [0.5, 0.6) is 0 Å². The van der Waals surface area contributed by atoms with Gasteiger partial charge in [0.05, 0.1) is 5.69 Å². The standard InChI is InChI=1S/C10H7FN2O2S/c11-6-2-1-5(3-7(6)12)9-13-8(4-16-9)10(14)15/h1-4H,12H2,(H,14,15). The lowest BCUT2D eigenvalue weighted by molar-refractivity contribution is 0.0691. The van der Waals surface area contributed by atoms with Crippen molar-refractivity contribution in [2.24, 2.45) is 0 Å². The summed E-state index contributed by atoms with van der Waals surface area (Å²) in [6, 6.07) is 4.17. The fraction of sp³-hybridized carbons (Fsp3) is 0. The second-order valence-electron chi connectivity index (χ2n) is 3.08. The highest BCUT2D eigenvalue weighted by molar-refractivity contribution is 7.13. The van der Waals surface area contributed by atoms with E-state index in [1.165, 1.54) is 34.9 Å². The second kappa shape index (κ2) is 3.90. The zero-order valence-electron chi connectivity index (χ0n) is 7.98. The smallest absolute Gasteiger partial charge is 0.355 e. The van der Waals surface area contributed by atoms with Gasteiger partial charge < -0.3 is 10.8 Å². The van der Waals surface area contributed by atoms with Crippen molar-refractivity contribution in [1.29, 1.82) is 0 Å². The van der Waals surface area contributed by atoms with E-state index >= 15 is 0 Å². The molecule has 0 atom stereocenters. The summed E-state index contributed by atoms with van der Waals surface area (Å²) < 4.78 is 12.9. The number of benzene rings is 1. The lowest BCUT2D eigenvalue weighted by atomic mass is 10.2. The van der Waals surface area contributed by atoms with Crippen molar-refractivity contribution in [3.8, 4) is 10.6 Å². The van der Waals surface area contributed by atoms with Gasteiger partial charge in [-0.3, -0.25) is 0 Å². The zero-order chi connectivity index (χ0) is 11.7. The molecule has 0 spiro atoms. The molecule has 6 heteroatoms. The number of rotatable bonds is 2. The molecule has 0 amide bonds. The van der Waals surface area contributed by atoms with Crippen LogP contribution in [0.1, 0.15) is 10.5 Å². The van der Waals surface area contributed by atoms with Gasteiger partial charge in [-0.25, -0.2) is 14.2 Å². The number of nitrogens with two attached hydrogens (primary N) is 1. The van der Waals surface area contributed by atoms with E-state index in [4.69, 9.17) is 10.8 Å². The third-order valence-corrected chi connectivity index (χ3v) is 2.86. The predicted octanol–water partition coefficient (Wildman–Crippen LogP) is 2.23. The predicted molar refractivity (Wildman–Crippen MR) is 58.9 cm³/mol. The van der Waals surface area contributed by atoms with Crippen molar-refractivity contribution in [1.82, 2.24) is 4.98 Å². The Morgan fingerprint density at radius 1 is 1.50 bits per heavy atom. The molecule has 3 N–H and O–H groups in total. The van der Waals surface area contributed by atoms with Gasteiger partial charge in [0.1, 0.15) is 10.8 Å². The van der Waals surface area contributed by atoms with E-state index in [1.807, 2.05) is 0 Å². The maximum Gasteiger partial charge on any atom is 0.355 e. The normalized spacial score (nSPS) is 10.3. The molecule has 0 fully saturated rings. The fourth-order valence-corrected chi connectivity index (χ4v) is 1.97. The summed E-state index contributed by atoms with van der Waals surface area (Å²) in [6.07, 6.45) is 0. The number of carbonyl (C=O) groups is 1. The number of halogens is 1. The van der Waals surface area contributed by atoms with Crippen LogP contribution in [0.3, 0.4) is 0 Å². The number of nitrogens with zero attached hydrogens (tertiary/aromatic N) is 1. The molecule has 16 heavy (non-hydrogen) atoms. The molecular weight excluding hydrogens is 231 g/mol. The molecule has 0 aliphatic heterocycles. The van der Waals surface area contributed by atoms with E-state index in [9.17, 15) is 9.18 Å². The van der Waals surface area contributed by atoms with E-state index in [0.717, 1.165) is 0 Å². The minimum absolute atomic E-state index is 0.0181. The molecule has 0 saturated carbocycles. The Bertz CT molecular complexity index is 554. The first kappa shape index (κ1) is 10.6. The Morgan fingerprint density at radius 2 is 2.25 bits per heavy atom. The van der Waals surface area contributed by atoms with Gasteiger partial charge in [0.2, 0.25) is 0 Å². The Morgan fingerprint density at radius 3 is 2.81 bits per heavy atom. The molecule has 2 aromatic rings. The van der Waals surface area contributed by atoms with Gasteiger partial charge in [0.25, 0.3) is 0 Å². The molecule has 0 aliphatic carbocycles. The monoisotopic (exact) mass is 238 g/mol. The van der Waals surface area contributed by atoms with Crippen molar-refractivity contribution >= 4 is 23.0 Å². The first-order valence-corrected chi connectivity index (χ1v) is 5.20. The highest BCUT2D eigenvalue weighted by Gasteiger charge is 2.10. The molecule has 82 valence electrons. The van der Waals surface area contributed by atoms with Gasteiger partial charge >= 0.3 is 5.97 Å². The highest BCUT2D eigenvalue weighted by Crippen LogP contribution is 2.26. The molecule has 4 nitrogen and oxygen atoms in total. The lowest BCUT2D eigenvalue weighted by Gasteiger charge is -1.99. The molecule has 1 heterocycles. The van der Waals surface area contributed by atoms with Crippen LogP contribution in [0.4, 0.5) is 10.1 Å². The molecule has 1 aromatic carbocycles. The number of thiazole rings is 1. The van der Waals surface area contributed by atoms with Crippen LogP contribution in [0.2, 0.25) is 0 Å². The van der Waals surface area contributed by atoms with Gasteiger partial charge in [-0.15, -0.1) is 11.3 Å². The molecule has 2 rings (SSSR count). The summed E-state index contributed by atoms with van der Waals surface area (Å²) in [6.45, 7) is 0. The highest BCUT2D eigenvalue weighted by atomic mass is 32.1. The number of aromatic nitrogens is 1. The number of carboxylic acid groups (broad SMARTS) is 1. The summed E-state index contributed by atoms with van der Waals surface area (Å²) in [5, 5.41) is 10.6. The largest absolute Gasteiger partial charge is 0.476 e. The number of hydrogen-bond acceptors (Lipinski definition) is 4. The van der Waals surface area contributed by atoms with E-state index < -0.39 is 11.8 Å². The average Bonchev–Trinajstić information content (AvgIpc) is 2.71. The Hall–Kier alpha value is -1.95. The minimum atomic E-state index is -1.09. The molecule has 0 unspecified atom stereocenters. The average molecular weight is 238 g/mol. The quantitative estimate of drug-likeness (QED) is 0.786. The Kier molecular flexibility index (Phi) is 2.57. The maximum absolute atomic E-state index is 12.9. The van der Waals surface area contributed by atoms with Crippen LogP contribution in [0.25, 0.3) is 10.6 Å². The SMILES string of the molecule is Nc1cc(-c2nc(C(=O)O)cs2)ccc1F. The van der Waals surface area contributed by atoms with Gasteiger partial charge in [0, 0.05) is 10.9 Å². The van der Waals surface area contributed by atoms with E-state index in [2.05, 4.69) is 4.98 Å². The van der Waals surface area contributed by atoms with Gasteiger partial charge in [0.15, 0.2) is 5.69 Å². The minimum Gasteiger partial charge on any atom is -0.476 e. The van der Waals surface area contributed by atoms with Gasteiger partial charge in [-0.1, -0.05) is 0 Å². The number of anilines is 1. The van der Waals surface area contributed by atoms with Crippen LogP contribution in [-0.4, -0.2) is 16.1 Å². The molecule has 0 radical (unpaired) electrons. The summed E-state index contributed by atoms with van der Waals surface area (Å²) in [5.74, 6) is -1.59. The molecule has 0 aliphatic rings. The zero-order valence-corrected chi connectivity index (χ0v) is 8.79. The molecule has 1 aromatic heterocycles. The lowest BCUT2D eigenvalue weighted by Crippen LogP contribution is -1.96. The number of aromatic carboxylic acids is 1. The van der Waals surface area contributed by atoms with Gasteiger partial charge in [-0.2, -0.15) is 0 Å². The molecular formula is C10H7FN2O2S. The van der Waals surface area contributed by atoms with E-state index in [1.54, 1.807) is 0 Å². The van der Waals surface area contributed by atoms with E-state index in [-0.39, 0.29) is 11.4 Å². The van der Waals surface area contributed by atoms with Crippen LogP contribution >= 0.6 is 11.3 Å². The third kappa shape index (κ3) is 1.87. The summed E-state index contributed by atoms with van der Waals surface area (Å²) in [7, 11) is 0. The third-order valence-electron chi connectivity index (χ3n) is 1.97. The first-order valence-electron chi connectivity index (χ1n) is 4.32. The number of carboxylic acids is 1. The van der Waals surface area contributed by atoms with Crippen molar-refractivity contribution in [2.45, 2.75) is 0 Å². The van der Waals surface area contributed by atoms with Gasteiger partial charge in [-0.05, 0) is 18.2 Å². The van der Waals surface area contributed by atoms with Crippen LogP contribution < -0.4 is 5.73 Å². The molecule has 0 bridgehead atoms. The summed E-state index contributed by atoms with van der Waals surface area (Å²) in [5.41, 5.74) is 6.01. The maximum atomic E-state index is 12.9. The van der Waals surface area contributed by atoms with Crippen molar-refractivity contribution in [3.05, 3.63) is 35.1 Å². The number of nitrogen functional groups attached to an aromatic ring is 1. The summed E-state index contributed by atoms with van der Waals surface area (Å²) in [4.78, 5) is 14.5. The van der Waals surface area contributed by atoms with Crippen molar-refractivity contribution < 1.29 is 14.3 Å². The summed E-state index contributed by atoms with van der Waals surface area (Å²) >= 11 is 1.18. The van der Waals surface area contributed by atoms with Crippen LogP contribution in [0, 0.1) is 5.82 Å². The molecule has 0 saturated heterocycles. The Labute approximate surface area is 94.2 Å². The van der Waals surface area contributed by atoms with Crippen LogP contribution in [0.15, 0.2) is 23.6 Å². The van der Waals surface area contributed by atoms with Crippen molar-refractivity contribution in [2.75, 3.05) is 5.73 Å². The Balaban J connectivity index is 2.42. The topological polar surface area (TPSA) is 76.2 Å². The first-order chi connectivity index (χ1) is 7.58. The second-order valence-corrected chi connectivity index (χ2v) is 3.94. The van der Waals surface area contributed by atoms with E-state index in [0.29, 0.717) is 10.6 Å². The fourth-order valence-electron chi connectivity index (χ4n) is 1.18. The van der Waals surface area contributed by atoms with Crippen LogP contribution in [-0.2, 0) is 0 Å².